The van der Waals surface area contributed by atoms with Crippen LogP contribution in [0.4, 0.5) is 0 Å². The van der Waals surface area contributed by atoms with Crippen LogP contribution >= 0.6 is 0 Å². The molecule has 1 saturated heterocycles. The summed E-state index contributed by atoms with van der Waals surface area (Å²) in [4.78, 5) is 11.7. The predicted molar refractivity (Wildman–Crippen MR) is 74.6 cm³/mol. The first-order valence-corrected chi connectivity index (χ1v) is 6.82. The molecule has 1 unspecified atom stereocenters. The van der Waals surface area contributed by atoms with Crippen molar-refractivity contribution in [3.8, 4) is 0 Å². The predicted octanol–water partition coefficient (Wildman–Crippen LogP) is 3.22. The molecular formula is C15H24N2O2. The van der Waals surface area contributed by atoms with Crippen molar-refractivity contribution in [2.75, 3.05) is 0 Å². The van der Waals surface area contributed by atoms with Crippen LogP contribution in [0.3, 0.4) is 0 Å². The van der Waals surface area contributed by atoms with Gasteiger partial charge in [-0.15, -0.1) is 0 Å². The van der Waals surface area contributed by atoms with E-state index in [1.54, 1.807) is 6.92 Å². The van der Waals surface area contributed by atoms with Crippen LogP contribution in [-0.2, 0) is 4.74 Å². The van der Waals surface area contributed by atoms with E-state index in [0.29, 0.717) is 0 Å². The smallest absolute Gasteiger partial charge is 0.163 e. The van der Waals surface area contributed by atoms with Crippen LogP contribution in [-0.4, -0.2) is 26.8 Å². The molecule has 4 heteroatoms. The minimum absolute atomic E-state index is 0.0808. The van der Waals surface area contributed by atoms with E-state index in [4.69, 9.17) is 4.74 Å². The van der Waals surface area contributed by atoms with Gasteiger partial charge in [-0.2, -0.15) is 5.10 Å². The van der Waals surface area contributed by atoms with Crippen molar-refractivity contribution in [2.45, 2.75) is 72.1 Å². The summed E-state index contributed by atoms with van der Waals surface area (Å²) in [6, 6.07) is 0.161. The molecule has 0 radical (unpaired) electrons. The molecule has 1 atom stereocenters. The molecule has 4 nitrogen and oxygen atoms in total. The first kappa shape index (κ1) is 14.3. The van der Waals surface area contributed by atoms with Crippen molar-refractivity contribution in [3.63, 3.8) is 0 Å². The number of aromatic nitrogens is 2. The van der Waals surface area contributed by atoms with Crippen molar-refractivity contribution in [2.24, 2.45) is 0 Å². The third kappa shape index (κ3) is 2.34. The lowest BCUT2D eigenvalue weighted by Gasteiger charge is -2.28. The lowest BCUT2D eigenvalue weighted by Crippen LogP contribution is -2.32. The molecule has 1 aliphatic rings. The number of carbonyl (C=O) groups excluding carboxylic acids is 1. The van der Waals surface area contributed by atoms with E-state index in [0.717, 1.165) is 23.4 Å². The van der Waals surface area contributed by atoms with Crippen LogP contribution in [0.2, 0.25) is 0 Å². The van der Waals surface area contributed by atoms with Gasteiger partial charge in [0.1, 0.15) is 0 Å². The summed E-state index contributed by atoms with van der Waals surface area (Å²) >= 11 is 0. The first-order chi connectivity index (χ1) is 8.55. The first-order valence-electron chi connectivity index (χ1n) is 6.82. The van der Waals surface area contributed by atoms with Crippen LogP contribution in [0.5, 0.6) is 0 Å². The highest BCUT2D eigenvalue weighted by atomic mass is 16.5. The average molecular weight is 264 g/mol. The zero-order chi connectivity index (χ0) is 14.6. The number of ether oxygens (including phenoxy) is 1. The van der Waals surface area contributed by atoms with E-state index >= 15 is 0 Å². The fourth-order valence-electron chi connectivity index (χ4n) is 3.39. The van der Waals surface area contributed by atoms with Crippen molar-refractivity contribution < 1.29 is 9.53 Å². The fraction of sp³-hybridized carbons (Fsp3) is 0.733. The second-order valence-corrected chi connectivity index (χ2v) is 6.73. The maximum absolute atomic E-state index is 11.7. The summed E-state index contributed by atoms with van der Waals surface area (Å²) in [5.74, 6) is 0.0808. The third-order valence-electron chi connectivity index (χ3n) is 4.00. The zero-order valence-corrected chi connectivity index (χ0v) is 13.0. The van der Waals surface area contributed by atoms with Gasteiger partial charge >= 0.3 is 0 Å². The van der Waals surface area contributed by atoms with Crippen molar-refractivity contribution in [1.29, 1.82) is 0 Å². The van der Waals surface area contributed by atoms with Crippen molar-refractivity contribution in [1.82, 2.24) is 9.78 Å². The summed E-state index contributed by atoms with van der Waals surface area (Å²) in [5, 5.41) is 4.59. The van der Waals surface area contributed by atoms with Gasteiger partial charge in [0, 0.05) is 12.1 Å². The zero-order valence-electron chi connectivity index (χ0n) is 13.0. The molecule has 0 saturated carbocycles. The van der Waals surface area contributed by atoms with Gasteiger partial charge in [0.2, 0.25) is 0 Å². The topological polar surface area (TPSA) is 44.1 Å². The lowest BCUT2D eigenvalue weighted by atomic mass is 9.94. The molecule has 0 spiro atoms. The van der Waals surface area contributed by atoms with E-state index in [-0.39, 0.29) is 23.0 Å². The van der Waals surface area contributed by atoms with Gasteiger partial charge in [-0.3, -0.25) is 9.48 Å². The highest BCUT2D eigenvalue weighted by Crippen LogP contribution is 2.45. The SMILES string of the molecule is CC(=O)c1c(C)nn(C2CC(C)(C)OC2(C)C)c1C. The molecule has 1 aromatic heterocycles. The van der Waals surface area contributed by atoms with Crippen LogP contribution in [0, 0.1) is 13.8 Å². The normalized spacial score (nSPS) is 24.7. The number of hydrogen-bond acceptors (Lipinski definition) is 3. The standard InChI is InChI=1S/C15H24N2O2/c1-9-13(11(3)18)10(2)17(16-9)12-8-14(4,5)19-15(12,6)7/h12H,8H2,1-7H3. The summed E-state index contributed by atoms with van der Waals surface area (Å²) in [7, 11) is 0. The Balaban J connectivity index is 2.49. The molecule has 2 rings (SSSR count). The molecule has 0 aliphatic carbocycles. The maximum Gasteiger partial charge on any atom is 0.163 e. The number of hydrogen-bond donors (Lipinski definition) is 0. The van der Waals surface area contributed by atoms with E-state index < -0.39 is 0 Å². The highest BCUT2D eigenvalue weighted by molar-refractivity contribution is 5.96. The monoisotopic (exact) mass is 264 g/mol. The van der Waals surface area contributed by atoms with E-state index in [1.165, 1.54) is 0 Å². The number of Topliss-reactive ketones (excluding diaryl/α,β-unsaturated/α-hetero) is 1. The molecule has 0 aromatic carbocycles. The number of nitrogens with zero attached hydrogens (tertiary/aromatic N) is 2. The second kappa shape index (κ2) is 4.17. The minimum atomic E-state index is -0.277. The Kier molecular flexibility index (Phi) is 3.13. The second-order valence-electron chi connectivity index (χ2n) is 6.73. The van der Waals surface area contributed by atoms with Gasteiger partial charge in [-0.05, 0) is 48.5 Å². The van der Waals surface area contributed by atoms with Gasteiger partial charge in [-0.1, -0.05) is 0 Å². The van der Waals surface area contributed by atoms with Gasteiger partial charge in [-0.25, -0.2) is 0 Å². The quantitative estimate of drug-likeness (QED) is 0.770. The third-order valence-corrected chi connectivity index (χ3v) is 4.00. The van der Waals surface area contributed by atoms with E-state index in [1.807, 2.05) is 18.5 Å². The fourth-order valence-corrected chi connectivity index (χ4v) is 3.39. The van der Waals surface area contributed by atoms with Gasteiger partial charge in [0.25, 0.3) is 0 Å². The molecule has 2 heterocycles. The van der Waals surface area contributed by atoms with Gasteiger partial charge in [0.15, 0.2) is 5.78 Å². The van der Waals surface area contributed by atoms with Crippen molar-refractivity contribution in [3.05, 3.63) is 17.0 Å². The molecular weight excluding hydrogens is 240 g/mol. The van der Waals surface area contributed by atoms with Gasteiger partial charge in [0.05, 0.1) is 28.5 Å². The summed E-state index contributed by atoms with van der Waals surface area (Å²) in [5.41, 5.74) is 2.08. The van der Waals surface area contributed by atoms with Crippen LogP contribution in [0.25, 0.3) is 0 Å². The molecule has 0 bridgehead atoms. The molecule has 106 valence electrons. The van der Waals surface area contributed by atoms with Gasteiger partial charge < -0.3 is 4.74 Å². The molecule has 19 heavy (non-hydrogen) atoms. The summed E-state index contributed by atoms with van der Waals surface area (Å²) < 4.78 is 8.11. The van der Waals surface area contributed by atoms with E-state index in [2.05, 4.69) is 32.8 Å². The molecule has 0 amide bonds. The molecule has 1 fully saturated rings. The average Bonchev–Trinajstić information content (AvgIpc) is 2.59. The minimum Gasteiger partial charge on any atom is -0.367 e. The number of carbonyl (C=O) groups is 1. The Morgan fingerprint density at radius 3 is 2.26 bits per heavy atom. The van der Waals surface area contributed by atoms with E-state index in [9.17, 15) is 4.79 Å². The lowest BCUT2D eigenvalue weighted by molar-refractivity contribution is -0.0739. The van der Waals surface area contributed by atoms with Crippen LogP contribution in [0.15, 0.2) is 0 Å². The number of ketones is 1. The summed E-state index contributed by atoms with van der Waals surface area (Å²) in [6.45, 7) is 13.9. The Hall–Kier alpha value is -1.16. The number of rotatable bonds is 2. The van der Waals surface area contributed by atoms with Crippen LogP contribution in [0.1, 0.15) is 68.8 Å². The van der Waals surface area contributed by atoms with Crippen molar-refractivity contribution >= 4 is 5.78 Å². The maximum atomic E-state index is 11.7. The Bertz CT molecular complexity index is 526. The number of aryl methyl sites for hydroxylation is 1. The Labute approximate surface area is 115 Å². The molecule has 1 aliphatic heterocycles. The Morgan fingerprint density at radius 2 is 1.89 bits per heavy atom. The van der Waals surface area contributed by atoms with Crippen LogP contribution < -0.4 is 0 Å². The highest BCUT2D eigenvalue weighted by Gasteiger charge is 2.48. The molecule has 1 aromatic rings. The Morgan fingerprint density at radius 1 is 1.32 bits per heavy atom. The molecule has 0 N–H and O–H groups in total. The summed E-state index contributed by atoms with van der Waals surface area (Å²) in [6.07, 6.45) is 0.902. The largest absolute Gasteiger partial charge is 0.367 e.